The Morgan fingerprint density at radius 1 is 1.48 bits per heavy atom. The van der Waals surface area contributed by atoms with Gasteiger partial charge in [0.2, 0.25) is 17.5 Å². The first kappa shape index (κ1) is 14.5. The van der Waals surface area contributed by atoms with E-state index in [0.717, 1.165) is 0 Å². The smallest absolute Gasteiger partial charge is 0.362 e. The molecule has 0 bridgehead atoms. The van der Waals surface area contributed by atoms with Gasteiger partial charge in [-0.15, -0.1) is 0 Å². The minimum atomic E-state index is -0.702. The minimum absolute atomic E-state index is 0.0300. The van der Waals surface area contributed by atoms with E-state index in [4.69, 9.17) is 14.9 Å². The number of non-ortho nitro benzene ring substituents is 1. The van der Waals surface area contributed by atoms with E-state index in [-0.39, 0.29) is 29.8 Å². The maximum atomic E-state index is 11.6. The Labute approximate surface area is 119 Å². The fourth-order valence-corrected chi connectivity index (χ4v) is 1.79. The lowest BCUT2D eigenvalue weighted by molar-refractivity contribution is -0.384. The van der Waals surface area contributed by atoms with Crippen LogP contribution in [0.5, 0.6) is 0 Å². The molecular weight excluding hydrogens is 278 g/mol. The van der Waals surface area contributed by atoms with Crippen LogP contribution in [-0.2, 0) is 4.74 Å². The van der Waals surface area contributed by atoms with Crippen LogP contribution in [0.3, 0.4) is 0 Å². The van der Waals surface area contributed by atoms with Gasteiger partial charge >= 0.3 is 5.97 Å². The molecule has 0 spiro atoms. The summed E-state index contributed by atoms with van der Waals surface area (Å²) in [5, 5.41) is 10.9. The van der Waals surface area contributed by atoms with Gasteiger partial charge in [-0.25, -0.2) is 4.79 Å². The highest BCUT2D eigenvalue weighted by atomic mass is 16.6. The number of nitro groups is 1. The zero-order chi connectivity index (χ0) is 15.6. The summed E-state index contributed by atoms with van der Waals surface area (Å²) in [6.07, 6.45) is 0. The van der Waals surface area contributed by atoms with Crippen molar-refractivity contribution in [3.05, 3.63) is 39.6 Å². The maximum Gasteiger partial charge on any atom is 0.362 e. The van der Waals surface area contributed by atoms with E-state index >= 15 is 0 Å². The summed E-state index contributed by atoms with van der Waals surface area (Å²) in [6, 6.07) is 4.36. The number of ether oxygens (including phenoxy) is 1. The van der Waals surface area contributed by atoms with Gasteiger partial charge in [0.25, 0.3) is 5.69 Å². The Morgan fingerprint density at radius 3 is 2.81 bits per heavy atom. The van der Waals surface area contributed by atoms with Crippen molar-refractivity contribution in [3.63, 3.8) is 0 Å². The number of hydrogen-bond donors (Lipinski definition) is 1. The van der Waals surface area contributed by atoms with Crippen LogP contribution in [-0.4, -0.2) is 22.5 Å². The molecule has 21 heavy (non-hydrogen) atoms. The van der Waals surface area contributed by atoms with Gasteiger partial charge in [-0.3, -0.25) is 10.1 Å². The van der Waals surface area contributed by atoms with Gasteiger partial charge in [0.1, 0.15) is 0 Å². The molecule has 0 aliphatic rings. The summed E-state index contributed by atoms with van der Waals surface area (Å²) in [5.74, 6) is -0.859. The summed E-state index contributed by atoms with van der Waals surface area (Å²) < 4.78 is 10.00. The van der Waals surface area contributed by atoms with Crippen molar-refractivity contribution >= 4 is 17.5 Å². The van der Waals surface area contributed by atoms with Crippen LogP contribution in [0.25, 0.3) is 11.5 Å². The van der Waals surface area contributed by atoms with Gasteiger partial charge in [-0.1, -0.05) is 0 Å². The topological polar surface area (TPSA) is 121 Å². The number of oxazole rings is 1. The number of anilines is 1. The molecule has 0 fully saturated rings. The second-order valence-corrected chi connectivity index (χ2v) is 4.27. The Kier molecular flexibility index (Phi) is 3.88. The number of hydrogen-bond acceptors (Lipinski definition) is 7. The lowest BCUT2D eigenvalue weighted by atomic mass is 10.1. The predicted octanol–water partition coefficient (Wildman–Crippen LogP) is 2.32. The second kappa shape index (κ2) is 5.61. The fourth-order valence-electron chi connectivity index (χ4n) is 1.79. The van der Waals surface area contributed by atoms with Crippen LogP contribution in [0.4, 0.5) is 11.6 Å². The lowest BCUT2D eigenvalue weighted by Gasteiger charge is -1.99. The summed E-state index contributed by atoms with van der Waals surface area (Å²) in [6.45, 7) is 3.53. The van der Waals surface area contributed by atoms with Crippen molar-refractivity contribution in [2.24, 2.45) is 0 Å². The van der Waals surface area contributed by atoms with Gasteiger partial charge in [0.05, 0.1) is 11.5 Å². The number of rotatable bonds is 4. The molecule has 2 aromatic rings. The lowest BCUT2D eigenvalue weighted by Crippen LogP contribution is -2.07. The molecule has 0 amide bonds. The normalized spacial score (nSPS) is 10.4. The van der Waals surface area contributed by atoms with E-state index < -0.39 is 10.9 Å². The van der Waals surface area contributed by atoms with Crippen molar-refractivity contribution in [2.75, 3.05) is 12.3 Å². The van der Waals surface area contributed by atoms with Crippen LogP contribution in [0.1, 0.15) is 23.0 Å². The fraction of sp³-hybridized carbons (Fsp3) is 0.231. The Bertz CT molecular complexity index is 708. The molecule has 2 rings (SSSR count). The number of benzene rings is 1. The largest absolute Gasteiger partial charge is 0.461 e. The summed E-state index contributed by atoms with van der Waals surface area (Å²) >= 11 is 0. The molecule has 2 N–H and O–H groups in total. The Hall–Kier alpha value is -2.90. The number of nitrogens with two attached hydrogens (primary N) is 1. The number of esters is 1. The summed E-state index contributed by atoms with van der Waals surface area (Å²) in [7, 11) is 0. The van der Waals surface area contributed by atoms with E-state index in [0.29, 0.717) is 11.1 Å². The van der Waals surface area contributed by atoms with Crippen LogP contribution in [0, 0.1) is 17.0 Å². The number of aromatic nitrogens is 1. The van der Waals surface area contributed by atoms with Gasteiger partial charge in [0, 0.05) is 17.7 Å². The predicted molar refractivity (Wildman–Crippen MR) is 73.7 cm³/mol. The second-order valence-electron chi connectivity index (χ2n) is 4.27. The minimum Gasteiger partial charge on any atom is -0.461 e. The van der Waals surface area contributed by atoms with Crippen molar-refractivity contribution < 1.29 is 18.9 Å². The highest BCUT2D eigenvalue weighted by Gasteiger charge is 2.21. The molecule has 0 atom stereocenters. The van der Waals surface area contributed by atoms with Crippen molar-refractivity contribution in [1.29, 1.82) is 0 Å². The monoisotopic (exact) mass is 291 g/mol. The molecule has 0 aliphatic heterocycles. The Morgan fingerprint density at radius 2 is 2.19 bits per heavy atom. The molecule has 0 saturated heterocycles. The molecule has 110 valence electrons. The quantitative estimate of drug-likeness (QED) is 0.521. The third-order valence-electron chi connectivity index (χ3n) is 2.64. The summed E-state index contributed by atoms with van der Waals surface area (Å²) in [4.78, 5) is 25.9. The highest BCUT2D eigenvalue weighted by Crippen LogP contribution is 2.28. The van der Waals surface area contributed by atoms with Crippen LogP contribution in [0.15, 0.2) is 22.6 Å². The van der Waals surface area contributed by atoms with Crippen molar-refractivity contribution in [3.8, 4) is 11.5 Å². The zero-order valence-corrected chi connectivity index (χ0v) is 11.5. The average Bonchev–Trinajstić information content (AvgIpc) is 2.80. The third kappa shape index (κ3) is 2.99. The van der Waals surface area contributed by atoms with Gasteiger partial charge < -0.3 is 14.9 Å². The van der Waals surface area contributed by atoms with Crippen molar-refractivity contribution in [1.82, 2.24) is 4.98 Å². The molecule has 0 aliphatic carbocycles. The number of nitrogen functional groups attached to an aromatic ring is 1. The van der Waals surface area contributed by atoms with E-state index in [1.807, 2.05) is 0 Å². The van der Waals surface area contributed by atoms with E-state index in [1.54, 1.807) is 19.9 Å². The van der Waals surface area contributed by atoms with Crippen LogP contribution in [0.2, 0.25) is 0 Å². The van der Waals surface area contributed by atoms with E-state index in [1.165, 1.54) is 12.1 Å². The molecule has 1 aromatic carbocycles. The van der Waals surface area contributed by atoms with Crippen LogP contribution >= 0.6 is 0 Å². The molecular formula is C13H13N3O5. The molecule has 1 heterocycles. The van der Waals surface area contributed by atoms with Gasteiger partial charge in [-0.05, 0) is 25.5 Å². The number of carbonyl (C=O) groups excluding carboxylic acids is 1. The van der Waals surface area contributed by atoms with E-state index in [2.05, 4.69) is 4.98 Å². The number of nitrogens with zero attached hydrogens (tertiary/aromatic N) is 2. The zero-order valence-electron chi connectivity index (χ0n) is 11.5. The number of nitro benzene ring substituents is 1. The first-order chi connectivity index (χ1) is 9.92. The molecule has 0 radical (unpaired) electrons. The molecule has 8 heteroatoms. The molecule has 0 saturated carbocycles. The first-order valence-electron chi connectivity index (χ1n) is 6.12. The van der Waals surface area contributed by atoms with Gasteiger partial charge in [-0.2, -0.15) is 4.98 Å². The van der Waals surface area contributed by atoms with Gasteiger partial charge in [0.15, 0.2) is 0 Å². The number of aryl methyl sites for hydroxylation is 1. The molecule has 0 unspecified atom stereocenters. The Balaban J connectivity index is 2.46. The van der Waals surface area contributed by atoms with Crippen LogP contribution < -0.4 is 5.73 Å². The number of carbonyl (C=O) groups is 1. The maximum absolute atomic E-state index is 11.6. The molecule has 1 aromatic heterocycles. The standard InChI is InChI=1S/C13H13N3O5/c1-3-20-13(17)10-11(14)21-12(15-10)8-4-7(2)5-9(6-8)16(18)19/h4-6H,3,14H2,1-2H3. The average molecular weight is 291 g/mol. The third-order valence-corrected chi connectivity index (χ3v) is 2.64. The first-order valence-corrected chi connectivity index (χ1v) is 6.12. The SMILES string of the molecule is CCOC(=O)c1nc(-c2cc(C)cc([N+](=O)[O-])c2)oc1N. The summed E-state index contributed by atoms with van der Waals surface area (Å²) in [5.41, 5.74) is 6.37. The van der Waals surface area contributed by atoms with Crippen molar-refractivity contribution in [2.45, 2.75) is 13.8 Å². The van der Waals surface area contributed by atoms with E-state index in [9.17, 15) is 14.9 Å². The molecule has 8 nitrogen and oxygen atoms in total. The highest BCUT2D eigenvalue weighted by molar-refractivity contribution is 5.92.